The molecule has 1 saturated heterocycles. The molecule has 0 aliphatic carbocycles. The summed E-state index contributed by atoms with van der Waals surface area (Å²) >= 11 is 0. The first-order chi connectivity index (χ1) is 9.88. The van der Waals surface area contributed by atoms with Crippen LogP contribution in [0.5, 0.6) is 11.5 Å². The molecular formula is C15H20N2O4. The zero-order valence-electron chi connectivity index (χ0n) is 12.0. The molecule has 21 heavy (non-hydrogen) atoms. The van der Waals surface area contributed by atoms with E-state index in [1.165, 1.54) is 18.2 Å². The van der Waals surface area contributed by atoms with Crippen LogP contribution in [0.1, 0.15) is 30.1 Å². The Balaban J connectivity index is 2.06. The van der Waals surface area contributed by atoms with E-state index in [-0.39, 0.29) is 41.7 Å². The van der Waals surface area contributed by atoms with Crippen molar-refractivity contribution in [2.45, 2.75) is 25.8 Å². The predicted molar refractivity (Wildman–Crippen MR) is 77.1 cm³/mol. The van der Waals surface area contributed by atoms with Gasteiger partial charge in [-0.2, -0.15) is 0 Å². The van der Waals surface area contributed by atoms with Crippen molar-refractivity contribution in [1.29, 1.82) is 0 Å². The highest BCUT2D eigenvalue weighted by atomic mass is 16.3. The summed E-state index contributed by atoms with van der Waals surface area (Å²) in [6.45, 7) is 2.65. The van der Waals surface area contributed by atoms with Gasteiger partial charge in [0.1, 0.15) is 0 Å². The van der Waals surface area contributed by atoms with Gasteiger partial charge in [-0.15, -0.1) is 0 Å². The number of amides is 1. The molecule has 1 fully saturated rings. The smallest absolute Gasteiger partial charge is 0.221 e. The average molecular weight is 292 g/mol. The van der Waals surface area contributed by atoms with Crippen LogP contribution < -0.4 is 5.73 Å². The summed E-state index contributed by atoms with van der Waals surface area (Å²) in [4.78, 5) is 25.5. The minimum atomic E-state index is -0.332. The number of rotatable bonds is 4. The van der Waals surface area contributed by atoms with Gasteiger partial charge in [-0.1, -0.05) is 0 Å². The van der Waals surface area contributed by atoms with Crippen LogP contribution in [-0.2, 0) is 4.79 Å². The summed E-state index contributed by atoms with van der Waals surface area (Å²) in [7, 11) is 0. The number of Topliss-reactive ketones (excluding diaryl/α,β-unsaturated/α-hetero) is 1. The first-order valence-corrected chi connectivity index (χ1v) is 6.97. The summed E-state index contributed by atoms with van der Waals surface area (Å²) in [5.74, 6) is -1.29. The van der Waals surface area contributed by atoms with Gasteiger partial charge in [0.25, 0.3) is 0 Å². The zero-order valence-corrected chi connectivity index (χ0v) is 12.0. The highest BCUT2D eigenvalue weighted by Crippen LogP contribution is 2.26. The van der Waals surface area contributed by atoms with E-state index < -0.39 is 0 Å². The van der Waals surface area contributed by atoms with Gasteiger partial charge in [0.2, 0.25) is 5.91 Å². The van der Waals surface area contributed by atoms with Crippen molar-refractivity contribution in [1.82, 2.24) is 4.90 Å². The number of ketones is 1. The van der Waals surface area contributed by atoms with Gasteiger partial charge in [-0.3, -0.25) is 14.5 Å². The van der Waals surface area contributed by atoms with Crippen molar-refractivity contribution in [3.63, 3.8) is 0 Å². The number of piperidine rings is 1. The summed E-state index contributed by atoms with van der Waals surface area (Å²) in [5.41, 5.74) is 5.67. The summed E-state index contributed by atoms with van der Waals surface area (Å²) in [6.07, 6.45) is 1.57. The first kappa shape index (κ1) is 15.3. The lowest BCUT2D eigenvalue weighted by atomic mass is 9.92. The maximum absolute atomic E-state index is 12.2. The Morgan fingerprint density at radius 1 is 1.29 bits per heavy atom. The molecule has 1 heterocycles. The molecule has 0 saturated carbocycles. The number of nitrogens with two attached hydrogens (primary N) is 1. The number of benzene rings is 1. The molecule has 0 spiro atoms. The Morgan fingerprint density at radius 3 is 2.62 bits per heavy atom. The van der Waals surface area contributed by atoms with E-state index in [0.717, 1.165) is 12.8 Å². The standard InChI is InChI=1S/C15H20N2O4/c1-9-2-3-11(15(16)21)7-17(9)8-14(20)10-4-5-12(18)13(19)6-10/h4-6,9,11,18-19H,2-3,7-8H2,1H3,(H2,16,21). The highest BCUT2D eigenvalue weighted by molar-refractivity contribution is 5.98. The largest absolute Gasteiger partial charge is 0.504 e. The van der Waals surface area contributed by atoms with Crippen LogP contribution >= 0.6 is 0 Å². The van der Waals surface area contributed by atoms with Crippen molar-refractivity contribution in [2.75, 3.05) is 13.1 Å². The van der Waals surface area contributed by atoms with E-state index >= 15 is 0 Å². The second-order valence-electron chi connectivity index (χ2n) is 5.58. The summed E-state index contributed by atoms with van der Waals surface area (Å²) < 4.78 is 0. The Morgan fingerprint density at radius 2 is 2.00 bits per heavy atom. The van der Waals surface area contributed by atoms with Gasteiger partial charge in [0.15, 0.2) is 17.3 Å². The molecule has 6 nitrogen and oxygen atoms in total. The van der Waals surface area contributed by atoms with E-state index in [1.807, 2.05) is 11.8 Å². The van der Waals surface area contributed by atoms with E-state index in [9.17, 15) is 19.8 Å². The molecule has 2 rings (SSSR count). The van der Waals surface area contributed by atoms with Gasteiger partial charge < -0.3 is 15.9 Å². The van der Waals surface area contributed by atoms with Crippen molar-refractivity contribution >= 4 is 11.7 Å². The average Bonchev–Trinajstić information content (AvgIpc) is 2.43. The Bertz CT molecular complexity index is 559. The predicted octanol–water partition coefficient (Wildman–Crippen LogP) is 0.866. The van der Waals surface area contributed by atoms with Crippen molar-refractivity contribution in [3.8, 4) is 11.5 Å². The van der Waals surface area contributed by atoms with Crippen LogP contribution in [0, 0.1) is 5.92 Å². The maximum atomic E-state index is 12.2. The fourth-order valence-electron chi connectivity index (χ4n) is 2.60. The second-order valence-corrected chi connectivity index (χ2v) is 5.58. The third-order valence-corrected chi connectivity index (χ3v) is 4.06. The van der Waals surface area contributed by atoms with E-state index in [4.69, 9.17) is 5.73 Å². The molecule has 1 aliphatic heterocycles. The Kier molecular flexibility index (Phi) is 4.47. The number of hydrogen-bond donors (Lipinski definition) is 3. The molecule has 0 aromatic heterocycles. The lowest BCUT2D eigenvalue weighted by Crippen LogP contribution is -2.47. The first-order valence-electron chi connectivity index (χ1n) is 6.97. The molecule has 1 aliphatic rings. The van der Waals surface area contributed by atoms with Crippen LogP contribution in [0.15, 0.2) is 18.2 Å². The third kappa shape index (κ3) is 3.52. The number of likely N-dealkylation sites (tertiary alicyclic amines) is 1. The molecule has 1 amide bonds. The zero-order chi connectivity index (χ0) is 15.6. The molecule has 2 atom stereocenters. The number of phenolic OH excluding ortho intramolecular Hbond substituents is 2. The quantitative estimate of drug-likeness (QED) is 0.564. The van der Waals surface area contributed by atoms with E-state index in [0.29, 0.717) is 12.1 Å². The molecule has 1 aromatic carbocycles. The summed E-state index contributed by atoms with van der Waals surface area (Å²) in [6, 6.07) is 4.21. The molecule has 0 radical (unpaired) electrons. The number of primary amides is 1. The topological polar surface area (TPSA) is 104 Å². The monoisotopic (exact) mass is 292 g/mol. The van der Waals surface area contributed by atoms with Crippen molar-refractivity contribution in [2.24, 2.45) is 11.7 Å². The summed E-state index contributed by atoms with van der Waals surface area (Å²) in [5, 5.41) is 18.7. The maximum Gasteiger partial charge on any atom is 0.221 e. The number of carbonyl (C=O) groups excluding carboxylic acids is 2. The Labute approximate surface area is 123 Å². The van der Waals surface area contributed by atoms with Crippen LogP contribution in [-0.4, -0.2) is 45.9 Å². The van der Waals surface area contributed by atoms with Crippen LogP contribution in [0.25, 0.3) is 0 Å². The highest BCUT2D eigenvalue weighted by Gasteiger charge is 2.29. The lowest BCUT2D eigenvalue weighted by molar-refractivity contribution is -0.123. The minimum Gasteiger partial charge on any atom is -0.504 e. The number of hydrogen-bond acceptors (Lipinski definition) is 5. The van der Waals surface area contributed by atoms with E-state index in [2.05, 4.69) is 0 Å². The second kappa shape index (κ2) is 6.13. The molecule has 1 aromatic rings. The third-order valence-electron chi connectivity index (χ3n) is 4.06. The fraction of sp³-hybridized carbons (Fsp3) is 0.467. The molecule has 6 heteroatoms. The van der Waals surface area contributed by atoms with Crippen molar-refractivity contribution in [3.05, 3.63) is 23.8 Å². The Hall–Kier alpha value is -2.08. The van der Waals surface area contributed by atoms with Crippen LogP contribution in [0.3, 0.4) is 0 Å². The van der Waals surface area contributed by atoms with Gasteiger partial charge in [-0.05, 0) is 38.0 Å². The molecule has 0 bridgehead atoms. The minimum absolute atomic E-state index is 0.162. The lowest BCUT2D eigenvalue weighted by Gasteiger charge is -2.36. The number of phenols is 2. The van der Waals surface area contributed by atoms with Gasteiger partial charge >= 0.3 is 0 Å². The molecule has 2 unspecified atom stereocenters. The SMILES string of the molecule is CC1CCC(C(N)=O)CN1CC(=O)c1ccc(O)c(O)c1. The van der Waals surface area contributed by atoms with Crippen LogP contribution in [0.4, 0.5) is 0 Å². The van der Waals surface area contributed by atoms with Gasteiger partial charge in [0, 0.05) is 18.2 Å². The van der Waals surface area contributed by atoms with Crippen molar-refractivity contribution < 1.29 is 19.8 Å². The van der Waals surface area contributed by atoms with E-state index in [1.54, 1.807) is 0 Å². The number of aromatic hydroxyl groups is 2. The van der Waals surface area contributed by atoms with Crippen LogP contribution in [0.2, 0.25) is 0 Å². The number of carbonyl (C=O) groups is 2. The molecule has 114 valence electrons. The number of nitrogens with zero attached hydrogens (tertiary/aromatic N) is 1. The normalized spacial score (nSPS) is 22.9. The fourth-order valence-corrected chi connectivity index (χ4v) is 2.60. The molecule has 4 N–H and O–H groups in total. The molecular weight excluding hydrogens is 272 g/mol. The van der Waals surface area contributed by atoms with Gasteiger partial charge in [0.05, 0.1) is 12.5 Å². The van der Waals surface area contributed by atoms with Gasteiger partial charge in [-0.25, -0.2) is 0 Å².